The molecule has 4 heteroatoms. The SMILES string of the molecule is CCC(CC)(CN)c1nc(C2CCC(C(C)C)CC2)no1. The summed E-state index contributed by atoms with van der Waals surface area (Å²) < 4.78 is 5.59. The Morgan fingerprint density at radius 3 is 2.29 bits per heavy atom. The lowest BCUT2D eigenvalue weighted by atomic mass is 9.76. The molecular formula is C17H31N3O. The summed E-state index contributed by atoms with van der Waals surface area (Å²) in [6.07, 6.45) is 6.85. The van der Waals surface area contributed by atoms with Gasteiger partial charge >= 0.3 is 0 Å². The Hall–Kier alpha value is -0.900. The molecule has 0 radical (unpaired) electrons. The van der Waals surface area contributed by atoms with Crippen LogP contribution in [-0.2, 0) is 5.41 Å². The predicted octanol–water partition coefficient (Wildman–Crippen LogP) is 4.02. The second kappa shape index (κ2) is 6.91. The summed E-state index contributed by atoms with van der Waals surface area (Å²) in [5, 5.41) is 4.28. The molecule has 0 amide bonds. The first kappa shape index (κ1) is 16.5. The Morgan fingerprint density at radius 1 is 1.19 bits per heavy atom. The van der Waals surface area contributed by atoms with Crippen LogP contribution < -0.4 is 5.73 Å². The average Bonchev–Trinajstić information content (AvgIpc) is 3.00. The molecule has 4 nitrogen and oxygen atoms in total. The molecule has 2 rings (SSSR count). The molecule has 120 valence electrons. The van der Waals surface area contributed by atoms with Crippen molar-refractivity contribution in [3.05, 3.63) is 11.7 Å². The molecule has 1 saturated carbocycles. The van der Waals surface area contributed by atoms with Crippen LogP contribution in [0.5, 0.6) is 0 Å². The van der Waals surface area contributed by atoms with Gasteiger partial charge < -0.3 is 10.3 Å². The van der Waals surface area contributed by atoms with Crippen molar-refractivity contribution >= 4 is 0 Å². The van der Waals surface area contributed by atoms with Gasteiger partial charge in [0.1, 0.15) is 0 Å². The molecule has 1 aliphatic rings. The zero-order chi connectivity index (χ0) is 15.5. The number of hydrogen-bond acceptors (Lipinski definition) is 4. The second-order valence-corrected chi connectivity index (χ2v) is 7.01. The first-order valence-corrected chi connectivity index (χ1v) is 8.60. The number of nitrogens with zero attached hydrogens (tertiary/aromatic N) is 2. The van der Waals surface area contributed by atoms with Crippen molar-refractivity contribution in [1.29, 1.82) is 0 Å². The normalized spacial score (nSPS) is 23.7. The summed E-state index contributed by atoms with van der Waals surface area (Å²) in [7, 11) is 0. The third-order valence-corrected chi connectivity index (χ3v) is 5.72. The van der Waals surface area contributed by atoms with E-state index in [4.69, 9.17) is 15.2 Å². The van der Waals surface area contributed by atoms with Crippen molar-refractivity contribution in [3.8, 4) is 0 Å². The van der Waals surface area contributed by atoms with Crippen LogP contribution in [0.15, 0.2) is 4.52 Å². The Labute approximate surface area is 128 Å². The maximum absolute atomic E-state index is 5.97. The molecule has 1 aliphatic carbocycles. The van der Waals surface area contributed by atoms with Crippen LogP contribution in [0, 0.1) is 11.8 Å². The zero-order valence-electron chi connectivity index (χ0n) is 14.1. The molecule has 1 heterocycles. The highest BCUT2D eigenvalue weighted by Crippen LogP contribution is 2.38. The van der Waals surface area contributed by atoms with E-state index in [2.05, 4.69) is 32.9 Å². The van der Waals surface area contributed by atoms with Crippen LogP contribution in [0.4, 0.5) is 0 Å². The summed E-state index contributed by atoms with van der Waals surface area (Å²) in [5.41, 5.74) is 5.83. The topological polar surface area (TPSA) is 64.9 Å². The van der Waals surface area contributed by atoms with Gasteiger partial charge in [-0.3, -0.25) is 0 Å². The standard InChI is InChI=1S/C17H31N3O/c1-5-17(6-2,11-18)16-19-15(20-21-16)14-9-7-13(8-10-14)12(3)4/h12-14H,5-11,18H2,1-4H3. The third-order valence-electron chi connectivity index (χ3n) is 5.72. The molecule has 1 fully saturated rings. The van der Waals surface area contributed by atoms with Gasteiger partial charge in [0.15, 0.2) is 5.82 Å². The minimum Gasteiger partial charge on any atom is -0.339 e. The van der Waals surface area contributed by atoms with Crippen molar-refractivity contribution in [3.63, 3.8) is 0 Å². The molecule has 1 aromatic rings. The molecule has 0 aliphatic heterocycles. The molecular weight excluding hydrogens is 262 g/mol. The molecule has 0 atom stereocenters. The van der Waals surface area contributed by atoms with Gasteiger partial charge in [0.25, 0.3) is 0 Å². The fourth-order valence-electron chi connectivity index (χ4n) is 3.59. The molecule has 0 bridgehead atoms. The Balaban J connectivity index is 2.07. The van der Waals surface area contributed by atoms with Crippen molar-refractivity contribution in [1.82, 2.24) is 10.1 Å². The highest BCUT2D eigenvalue weighted by atomic mass is 16.5. The third kappa shape index (κ3) is 3.31. The summed E-state index contributed by atoms with van der Waals surface area (Å²) in [6.45, 7) is 9.52. The van der Waals surface area contributed by atoms with Crippen LogP contribution in [0.2, 0.25) is 0 Å². The fourth-order valence-corrected chi connectivity index (χ4v) is 3.59. The van der Waals surface area contributed by atoms with Crippen LogP contribution in [-0.4, -0.2) is 16.7 Å². The zero-order valence-corrected chi connectivity index (χ0v) is 14.1. The van der Waals surface area contributed by atoms with Crippen molar-refractivity contribution < 1.29 is 4.52 Å². The lowest BCUT2D eigenvalue weighted by Crippen LogP contribution is -2.34. The lowest BCUT2D eigenvalue weighted by Gasteiger charge is -2.29. The summed E-state index contributed by atoms with van der Waals surface area (Å²) in [4.78, 5) is 4.73. The van der Waals surface area contributed by atoms with Gasteiger partial charge in [0.2, 0.25) is 5.89 Å². The van der Waals surface area contributed by atoms with E-state index in [9.17, 15) is 0 Å². The van der Waals surface area contributed by atoms with E-state index < -0.39 is 0 Å². The molecule has 21 heavy (non-hydrogen) atoms. The number of hydrogen-bond donors (Lipinski definition) is 1. The van der Waals surface area contributed by atoms with E-state index in [1.807, 2.05) is 0 Å². The summed E-state index contributed by atoms with van der Waals surface area (Å²) in [6, 6.07) is 0. The first-order valence-electron chi connectivity index (χ1n) is 8.60. The molecule has 0 aromatic carbocycles. The molecule has 0 saturated heterocycles. The highest BCUT2D eigenvalue weighted by Gasteiger charge is 2.35. The van der Waals surface area contributed by atoms with Gasteiger partial charge in [-0.25, -0.2) is 0 Å². The number of nitrogens with two attached hydrogens (primary N) is 1. The average molecular weight is 293 g/mol. The highest BCUT2D eigenvalue weighted by molar-refractivity contribution is 5.08. The lowest BCUT2D eigenvalue weighted by molar-refractivity contribution is 0.247. The van der Waals surface area contributed by atoms with Gasteiger partial charge in [0.05, 0.1) is 5.41 Å². The first-order chi connectivity index (χ1) is 10.1. The Morgan fingerprint density at radius 2 is 1.81 bits per heavy atom. The van der Waals surface area contributed by atoms with E-state index in [1.54, 1.807) is 0 Å². The maximum atomic E-state index is 5.97. The quantitative estimate of drug-likeness (QED) is 0.860. The van der Waals surface area contributed by atoms with Crippen LogP contribution >= 0.6 is 0 Å². The van der Waals surface area contributed by atoms with E-state index in [-0.39, 0.29) is 5.41 Å². The molecule has 0 unspecified atom stereocenters. The van der Waals surface area contributed by atoms with Crippen LogP contribution in [0.3, 0.4) is 0 Å². The van der Waals surface area contributed by atoms with Gasteiger partial charge in [-0.2, -0.15) is 4.98 Å². The largest absolute Gasteiger partial charge is 0.339 e. The molecule has 2 N–H and O–H groups in total. The van der Waals surface area contributed by atoms with E-state index in [1.165, 1.54) is 25.7 Å². The number of aromatic nitrogens is 2. The van der Waals surface area contributed by atoms with E-state index in [0.717, 1.165) is 36.4 Å². The van der Waals surface area contributed by atoms with Gasteiger partial charge in [0, 0.05) is 12.5 Å². The van der Waals surface area contributed by atoms with Crippen molar-refractivity contribution in [2.75, 3.05) is 6.54 Å². The predicted molar refractivity (Wildman–Crippen MR) is 85.1 cm³/mol. The minimum atomic E-state index is -0.139. The second-order valence-electron chi connectivity index (χ2n) is 7.01. The minimum absolute atomic E-state index is 0.139. The van der Waals surface area contributed by atoms with Gasteiger partial charge in [-0.15, -0.1) is 0 Å². The summed E-state index contributed by atoms with van der Waals surface area (Å²) >= 11 is 0. The van der Waals surface area contributed by atoms with Crippen molar-refractivity contribution in [2.45, 2.75) is 77.6 Å². The van der Waals surface area contributed by atoms with Crippen LogP contribution in [0.1, 0.15) is 83.9 Å². The summed E-state index contributed by atoms with van der Waals surface area (Å²) in [5.74, 6) is 3.78. The van der Waals surface area contributed by atoms with Gasteiger partial charge in [-0.1, -0.05) is 32.9 Å². The maximum Gasteiger partial charge on any atom is 0.234 e. The van der Waals surface area contributed by atoms with Crippen molar-refractivity contribution in [2.24, 2.45) is 17.6 Å². The smallest absolute Gasteiger partial charge is 0.234 e. The number of rotatable bonds is 6. The molecule has 0 spiro atoms. The van der Waals surface area contributed by atoms with Gasteiger partial charge in [-0.05, 0) is 50.4 Å². The fraction of sp³-hybridized carbons (Fsp3) is 0.882. The Kier molecular flexibility index (Phi) is 5.42. The van der Waals surface area contributed by atoms with E-state index >= 15 is 0 Å². The monoisotopic (exact) mass is 293 g/mol. The molecule has 1 aromatic heterocycles. The van der Waals surface area contributed by atoms with E-state index in [0.29, 0.717) is 12.5 Å². The Bertz CT molecular complexity index is 421. The van der Waals surface area contributed by atoms with Crippen LogP contribution in [0.25, 0.3) is 0 Å².